The average Bonchev–Trinajstić information content (AvgIpc) is 3.41. The lowest BCUT2D eigenvalue weighted by atomic mass is 9.78. The molecule has 8 nitrogen and oxygen atoms in total. The Morgan fingerprint density at radius 1 is 1.17 bits per heavy atom. The number of rotatable bonds is 6. The number of carbonyl (C=O) groups is 2. The largest absolute Gasteiger partial charge is 0.467 e. The zero-order valence-corrected chi connectivity index (χ0v) is 20.6. The molecule has 1 saturated carbocycles. The normalized spacial score (nSPS) is 20.0. The molecule has 1 saturated heterocycles. The molecule has 1 aromatic carbocycles. The fraction of sp³-hybridized carbons (Fsp3) is 0.462. The first-order chi connectivity index (χ1) is 17.0. The van der Waals surface area contributed by atoms with Gasteiger partial charge in [-0.05, 0) is 61.9 Å². The van der Waals surface area contributed by atoms with Gasteiger partial charge >= 0.3 is 5.97 Å². The molecule has 2 aromatic heterocycles. The molecule has 35 heavy (non-hydrogen) atoms. The highest BCUT2D eigenvalue weighted by Crippen LogP contribution is 2.35. The summed E-state index contributed by atoms with van der Waals surface area (Å²) in [5, 5.41) is 0.812. The van der Waals surface area contributed by atoms with E-state index in [0.29, 0.717) is 39.3 Å². The van der Waals surface area contributed by atoms with Crippen LogP contribution in [-0.4, -0.2) is 51.8 Å². The van der Waals surface area contributed by atoms with Crippen LogP contribution in [0.25, 0.3) is 10.9 Å². The maximum atomic E-state index is 13.4. The second-order valence-corrected chi connectivity index (χ2v) is 10.2. The number of esters is 1. The first kappa shape index (κ1) is 23.7. The van der Waals surface area contributed by atoms with Crippen LogP contribution >= 0.6 is 11.8 Å². The molecule has 184 valence electrons. The number of amides is 1. The van der Waals surface area contributed by atoms with E-state index in [0.717, 1.165) is 19.4 Å². The highest BCUT2D eigenvalue weighted by atomic mass is 32.2. The second kappa shape index (κ2) is 10.3. The maximum Gasteiger partial charge on any atom is 0.337 e. The molecule has 1 aliphatic carbocycles. The van der Waals surface area contributed by atoms with E-state index in [2.05, 4.69) is 4.90 Å². The van der Waals surface area contributed by atoms with Crippen LogP contribution in [0.5, 0.6) is 0 Å². The van der Waals surface area contributed by atoms with Crippen molar-refractivity contribution in [3.63, 3.8) is 0 Å². The van der Waals surface area contributed by atoms with E-state index in [1.807, 2.05) is 0 Å². The van der Waals surface area contributed by atoms with E-state index < -0.39 is 5.97 Å². The van der Waals surface area contributed by atoms with Gasteiger partial charge in [0, 0.05) is 12.6 Å². The molecule has 1 aliphatic heterocycles. The summed E-state index contributed by atoms with van der Waals surface area (Å²) in [6.07, 6.45) is 8.53. The van der Waals surface area contributed by atoms with E-state index in [9.17, 15) is 14.4 Å². The first-order valence-electron chi connectivity index (χ1n) is 12.1. The number of carbonyl (C=O) groups excluding carboxylic acids is 2. The zero-order chi connectivity index (χ0) is 24.4. The summed E-state index contributed by atoms with van der Waals surface area (Å²) in [4.78, 5) is 45.5. The van der Waals surface area contributed by atoms with Gasteiger partial charge in [-0.1, -0.05) is 24.6 Å². The van der Waals surface area contributed by atoms with Crippen LogP contribution in [0.3, 0.4) is 0 Å². The topological polar surface area (TPSA) is 94.6 Å². The highest BCUT2D eigenvalue weighted by Gasteiger charge is 2.35. The van der Waals surface area contributed by atoms with E-state index >= 15 is 0 Å². The lowest BCUT2D eigenvalue weighted by Gasteiger charge is -2.44. The van der Waals surface area contributed by atoms with Crippen molar-refractivity contribution in [2.75, 3.05) is 19.4 Å². The Labute approximate surface area is 207 Å². The molecule has 5 rings (SSSR count). The van der Waals surface area contributed by atoms with Gasteiger partial charge in [-0.25, -0.2) is 9.78 Å². The molecule has 3 heterocycles. The molecule has 9 heteroatoms. The van der Waals surface area contributed by atoms with Crippen molar-refractivity contribution in [2.45, 2.75) is 56.3 Å². The summed E-state index contributed by atoms with van der Waals surface area (Å²) in [6, 6.07) is 8.61. The number of nitrogens with zero attached hydrogens (tertiary/aromatic N) is 3. The van der Waals surface area contributed by atoms with Crippen LogP contribution in [0.1, 0.15) is 54.6 Å². The SMILES string of the molecule is COC(=O)c1ccc2c(=O)n(Cc3ccco3)c(SCC(=O)N3CCC[C@@H]4CCCC[C@@H]43)nc2c1. The number of fused-ring (bicyclic) bond motifs is 2. The van der Waals surface area contributed by atoms with Gasteiger partial charge in [0.1, 0.15) is 5.76 Å². The Balaban J connectivity index is 1.45. The summed E-state index contributed by atoms with van der Waals surface area (Å²) in [5.74, 6) is 1.03. The molecule has 2 aliphatic rings. The number of furan rings is 1. The van der Waals surface area contributed by atoms with Crippen molar-refractivity contribution in [3.8, 4) is 0 Å². The van der Waals surface area contributed by atoms with Crippen molar-refractivity contribution in [3.05, 3.63) is 58.3 Å². The van der Waals surface area contributed by atoms with E-state index in [4.69, 9.17) is 14.1 Å². The number of piperidine rings is 1. The number of thioether (sulfide) groups is 1. The van der Waals surface area contributed by atoms with Crippen molar-refractivity contribution in [1.82, 2.24) is 14.5 Å². The van der Waals surface area contributed by atoms with Gasteiger partial charge in [0.2, 0.25) is 5.91 Å². The summed E-state index contributed by atoms with van der Waals surface area (Å²) >= 11 is 1.26. The minimum absolute atomic E-state index is 0.0915. The Kier molecular flexibility index (Phi) is 6.95. The van der Waals surface area contributed by atoms with Crippen LogP contribution in [-0.2, 0) is 16.1 Å². The van der Waals surface area contributed by atoms with E-state index in [-0.39, 0.29) is 23.8 Å². The zero-order valence-electron chi connectivity index (χ0n) is 19.8. The molecule has 0 spiro atoms. The first-order valence-corrected chi connectivity index (χ1v) is 13.1. The molecule has 1 amide bonds. The lowest BCUT2D eigenvalue weighted by molar-refractivity contribution is -0.134. The number of likely N-dealkylation sites (tertiary alicyclic amines) is 1. The lowest BCUT2D eigenvalue weighted by Crippen LogP contribution is -2.50. The molecule has 0 N–H and O–H groups in total. The van der Waals surface area contributed by atoms with E-state index in [1.54, 1.807) is 36.6 Å². The Morgan fingerprint density at radius 2 is 2.00 bits per heavy atom. The van der Waals surface area contributed by atoms with Crippen molar-refractivity contribution < 1.29 is 18.7 Å². The number of ether oxygens (including phenoxy) is 1. The third-order valence-corrected chi connectivity index (χ3v) is 8.08. The Hall–Kier alpha value is -3.07. The number of hydrogen-bond donors (Lipinski definition) is 0. The van der Waals surface area contributed by atoms with Gasteiger partial charge in [-0.3, -0.25) is 14.2 Å². The standard InChI is InChI=1S/C26H29N3O5S/c1-33-25(32)18-10-11-20-21(14-18)27-26(29(24(20)31)15-19-8-5-13-34-19)35-16-23(30)28-12-4-7-17-6-2-3-9-22(17)28/h5,8,10-11,13-14,17,22H,2-4,6-7,9,12,15-16H2,1H3/t17-,22-/m0/s1. The predicted molar refractivity (Wildman–Crippen MR) is 133 cm³/mol. The van der Waals surface area contributed by atoms with Gasteiger partial charge in [-0.15, -0.1) is 0 Å². The minimum atomic E-state index is -0.495. The van der Waals surface area contributed by atoms with Crippen LogP contribution in [0.15, 0.2) is 51.0 Å². The summed E-state index contributed by atoms with van der Waals surface area (Å²) < 4.78 is 11.8. The monoisotopic (exact) mass is 495 g/mol. The molecule has 2 fully saturated rings. The van der Waals surface area contributed by atoms with Gasteiger partial charge in [0.25, 0.3) is 5.56 Å². The fourth-order valence-electron chi connectivity index (χ4n) is 5.40. The van der Waals surface area contributed by atoms with Crippen molar-refractivity contribution >= 4 is 34.5 Å². The van der Waals surface area contributed by atoms with Gasteiger partial charge < -0.3 is 14.1 Å². The van der Waals surface area contributed by atoms with Crippen LogP contribution < -0.4 is 5.56 Å². The van der Waals surface area contributed by atoms with Crippen LogP contribution in [0.4, 0.5) is 0 Å². The number of methoxy groups -OCH3 is 1. The van der Waals surface area contributed by atoms with Crippen molar-refractivity contribution in [1.29, 1.82) is 0 Å². The van der Waals surface area contributed by atoms with Crippen LogP contribution in [0, 0.1) is 5.92 Å². The highest BCUT2D eigenvalue weighted by molar-refractivity contribution is 7.99. The summed E-state index contributed by atoms with van der Waals surface area (Å²) in [7, 11) is 1.31. The fourth-order valence-corrected chi connectivity index (χ4v) is 6.28. The number of hydrogen-bond acceptors (Lipinski definition) is 7. The number of aromatic nitrogens is 2. The predicted octanol–water partition coefficient (Wildman–Crippen LogP) is 4.10. The molecule has 0 unspecified atom stereocenters. The number of benzene rings is 1. The maximum absolute atomic E-state index is 13.4. The third kappa shape index (κ3) is 4.87. The third-order valence-electron chi connectivity index (χ3n) is 7.12. The quantitative estimate of drug-likeness (QED) is 0.289. The van der Waals surface area contributed by atoms with Crippen molar-refractivity contribution in [2.24, 2.45) is 5.92 Å². The van der Waals surface area contributed by atoms with Gasteiger partial charge in [-0.2, -0.15) is 0 Å². The minimum Gasteiger partial charge on any atom is -0.467 e. The Bertz CT molecular complexity index is 1280. The molecule has 0 radical (unpaired) electrons. The summed E-state index contributed by atoms with van der Waals surface area (Å²) in [6.45, 7) is 1.01. The van der Waals surface area contributed by atoms with E-state index in [1.165, 1.54) is 49.1 Å². The molecule has 3 aromatic rings. The molecule has 0 bridgehead atoms. The van der Waals surface area contributed by atoms with Crippen LogP contribution in [0.2, 0.25) is 0 Å². The molecular formula is C26H29N3O5S. The smallest absolute Gasteiger partial charge is 0.337 e. The molecular weight excluding hydrogens is 466 g/mol. The summed E-state index contributed by atoms with van der Waals surface area (Å²) in [5.41, 5.74) is 0.469. The Morgan fingerprint density at radius 3 is 2.80 bits per heavy atom. The van der Waals surface area contributed by atoms with Gasteiger partial charge in [0.15, 0.2) is 5.16 Å². The van der Waals surface area contributed by atoms with Gasteiger partial charge in [0.05, 0.1) is 42.1 Å². The second-order valence-electron chi connectivity index (χ2n) is 9.22. The average molecular weight is 496 g/mol. The molecule has 2 atom stereocenters.